The third-order valence-electron chi connectivity index (χ3n) is 3.10. The number of aromatic nitrogens is 2. The molecule has 6 nitrogen and oxygen atoms in total. The third kappa shape index (κ3) is 3.62. The maximum atomic E-state index is 12.0. The molecule has 1 aromatic carbocycles. The van der Waals surface area contributed by atoms with E-state index in [9.17, 15) is 10.0 Å². The summed E-state index contributed by atoms with van der Waals surface area (Å²) in [5.74, 6) is 0. The Labute approximate surface area is 132 Å². The van der Waals surface area contributed by atoms with E-state index in [1.54, 1.807) is 36.5 Å². The third-order valence-corrected chi connectivity index (χ3v) is 3.10. The van der Waals surface area contributed by atoms with Crippen LogP contribution in [0.2, 0.25) is 0 Å². The van der Waals surface area contributed by atoms with Gasteiger partial charge in [-0.3, -0.25) is 4.98 Å². The lowest BCUT2D eigenvalue weighted by molar-refractivity contribution is 0.188. The first-order chi connectivity index (χ1) is 11.2. The zero-order chi connectivity index (χ0) is 16.1. The fraction of sp³-hybridized carbons (Fsp3) is 0. The molecule has 3 aromatic rings. The first-order valence-electron chi connectivity index (χ1n) is 6.96. The Balaban J connectivity index is 1.90. The highest BCUT2D eigenvalue weighted by atomic mass is 16.5. The van der Waals surface area contributed by atoms with Crippen LogP contribution in [0.3, 0.4) is 0 Å². The molecule has 2 aromatic heterocycles. The van der Waals surface area contributed by atoms with E-state index in [1.165, 1.54) is 12.3 Å². The molecular weight excluding hydrogens is 292 g/mol. The van der Waals surface area contributed by atoms with Crippen molar-refractivity contribution in [2.45, 2.75) is 0 Å². The van der Waals surface area contributed by atoms with Crippen LogP contribution in [-0.2, 0) is 0 Å². The molecule has 2 N–H and O–H groups in total. The monoisotopic (exact) mass is 306 g/mol. The second-order valence-corrected chi connectivity index (χ2v) is 4.74. The van der Waals surface area contributed by atoms with Gasteiger partial charge in [0.05, 0.1) is 11.1 Å². The minimum absolute atomic E-state index is 0.421. The van der Waals surface area contributed by atoms with Crippen molar-refractivity contribution in [3.8, 4) is 11.4 Å². The number of carbonyl (C=O) groups is 1. The van der Waals surface area contributed by atoms with E-state index in [2.05, 4.69) is 15.3 Å². The van der Waals surface area contributed by atoms with Gasteiger partial charge in [0, 0.05) is 18.1 Å². The highest BCUT2D eigenvalue weighted by Crippen LogP contribution is 2.12. The van der Waals surface area contributed by atoms with Crippen LogP contribution in [0.15, 0.2) is 78.0 Å². The molecule has 0 fully saturated rings. The van der Waals surface area contributed by atoms with Crippen molar-refractivity contribution in [1.29, 1.82) is 0 Å². The van der Waals surface area contributed by atoms with Crippen molar-refractivity contribution in [2.75, 3.05) is 5.32 Å². The van der Waals surface area contributed by atoms with Gasteiger partial charge < -0.3 is 10.5 Å². The number of para-hydroxylation sites is 1. The first-order valence-corrected chi connectivity index (χ1v) is 6.96. The van der Waals surface area contributed by atoms with Gasteiger partial charge in [-0.15, -0.1) is 0 Å². The van der Waals surface area contributed by atoms with E-state index in [-0.39, 0.29) is 0 Å². The molecule has 0 bridgehead atoms. The predicted octanol–water partition coefficient (Wildman–Crippen LogP) is 2.92. The topological polar surface area (TPSA) is 79.5 Å². The first kappa shape index (κ1) is 14.5. The van der Waals surface area contributed by atoms with Gasteiger partial charge in [-0.25, -0.2) is 4.79 Å². The highest BCUT2D eigenvalue weighted by Gasteiger charge is 2.04. The summed E-state index contributed by atoms with van der Waals surface area (Å²) in [5.41, 5.74) is 1.69. The molecule has 0 saturated heterocycles. The van der Waals surface area contributed by atoms with Gasteiger partial charge in [-0.05, 0) is 36.4 Å². The molecule has 0 aliphatic rings. The molecule has 0 saturated carbocycles. The number of urea groups is 1. The number of hydrogen-bond acceptors (Lipinski definition) is 3. The fourth-order valence-corrected chi connectivity index (χ4v) is 2.05. The van der Waals surface area contributed by atoms with Gasteiger partial charge in [-0.1, -0.05) is 24.3 Å². The Morgan fingerprint density at radius 3 is 2.61 bits per heavy atom. The molecule has 0 unspecified atom stereocenters. The van der Waals surface area contributed by atoms with Crippen LogP contribution in [-0.4, -0.2) is 21.0 Å². The van der Waals surface area contributed by atoms with Crippen molar-refractivity contribution < 1.29 is 10.0 Å². The molecule has 114 valence electrons. The van der Waals surface area contributed by atoms with E-state index in [0.29, 0.717) is 22.4 Å². The standard InChI is InChI=1S/C17H14N4O2/c22-17(19-13-6-2-1-3-7-13)20-14-9-11-21(23)16(12-14)15-8-4-5-10-18-15/h1-12,23H,(H,19,22)/b20-14-. The molecule has 6 heteroatoms. The maximum Gasteiger partial charge on any atom is 0.345 e. The molecule has 0 aliphatic heterocycles. The molecular formula is C17H14N4O2. The van der Waals surface area contributed by atoms with E-state index < -0.39 is 6.03 Å². The molecule has 0 spiro atoms. The van der Waals surface area contributed by atoms with Crippen molar-refractivity contribution in [2.24, 2.45) is 4.99 Å². The van der Waals surface area contributed by atoms with Gasteiger partial charge in [0.1, 0.15) is 5.69 Å². The van der Waals surface area contributed by atoms with Gasteiger partial charge in [0.2, 0.25) is 0 Å². The van der Waals surface area contributed by atoms with Crippen LogP contribution in [0, 0.1) is 0 Å². The van der Waals surface area contributed by atoms with Gasteiger partial charge in [-0.2, -0.15) is 9.72 Å². The maximum absolute atomic E-state index is 12.0. The Morgan fingerprint density at radius 2 is 1.87 bits per heavy atom. The van der Waals surface area contributed by atoms with Crippen molar-refractivity contribution in [3.63, 3.8) is 0 Å². The molecule has 0 radical (unpaired) electrons. The summed E-state index contributed by atoms with van der Waals surface area (Å²) < 4.78 is 0.941. The number of carbonyl (C=O) groups excluding carboxylic acids is 1. The van der Waals surface area contributed by atoms with Crippen LogP contribution in [0.4, 0.5) is 10.5 Å². The van der Waals surface area contributed by atoms with Gasteiger partial charge in [0.25, 0.3) is 0 Å². The second kappa shape index (κ2) is 6.57. The lowest BCUT2D eigenvalue weighted by atomic mass is 10.2. The normalized spacial score (nSPS) is 11.2. The summed E-state index contributed by atoms with van der Waals surface area (Å²) >= 11 is 0. The smallest absolute Gasteiger partial charge is 0.345 e. The van der Waals surface area contributed by atoms with E-state index >= 15 is 0 Å². The average molecular weight is 306 g/mol. The molecule has 3 rings (SSSR count). The minimum Gasteiger partial charge on any atom is -0.428 e. The molecule has 23 heavy (non-hydrogen) atoms. The van der Waals surface area contributed by atoms with Crippen LogP contribution in [0.1, 0.15) is 0 Å². The summed E-state index contributed by atoms with van der Waals surface area (Å²) in [6.45, 7) is 0. The summed E-state index contributed by atoms with van der Waals surface area (Å²) in [5, 5.41) is 13.0. The Kier molecular flexibility index (Phi) is 4.15. The van der Waals surface area contributed by atoms with E-state index in [4.69, 9.17) is 0 Å². The van der Waals surface area contributed by atoms with Crippen LogP contribution < -0.4 is 10.7 Å². The Morgan fingerprint density at radius 1 is 1.09 bits per heavy atom. The van der Waals surface area contributed by atoms with Crippen LogP contribution in [0.25, 0.3) is 11.4 Å². The largest absolute Gasteiger partial charge is 0.428 e. The predicted molar refractivity (Wildman–Crippen MR) is 85.9 cm³/mol. The highest BCUT2D eigenvalue weighted by molar-refractivity contribution is 5.89. The summed E-state index contributed by atoms with van der Waals surface area (Å²) in [6.07, 6.45) is 3.04. The lowest BCUT2D eigenvalue weighted by Gasteiger charge is -2.06. The number of anilines is 1. The summed E-state index contributed by atoms with van der Waals surface area (Å²) in [7, 11) is 0. The summed E-state index contributed by atoms with van der Waals surface area (Å²) in [6, 6.07) is 17.1. The Hall–Kier alpha value is -3.41. The Bertz CT molecular complexity index is 874. The van der Waals surface area contributed by atoms with E-state index in [0.717, 1.165) is 4.73 Å². The van der Waals surface area contributed by atoms with Crippen LogP contribution in [0.5, 0.6) is 0 Å². The zero-order valence-corrected chi connectivity index (χ0v) is 12.1. The van der Waals surface area contributed by atoms with Crippen LogP contribution >= 0.6 is 0 Å². The SMILES string of the molecule is O=C(/N=c1/ccn(O)c(-c2ccccn2)c1)Nc1ccccc1. The van der Waals surface area contributed by atoms with Crippen molar-refractivity contribution in [1.82, 2.24) is 9.71 Å². The molecule has 0 atom stereocenters. The second-order valence-electron chi connectivity index (χ2n) is 4.74. The van der Waals surface area contributed by atoms with E-state index in [1.807, 2.05) is 24.3 Å². The molecule has 0 aliphatic carbocycles. The fourth-order valence-electron chi connectivity index (χ4n) is 2.05. The van der Waals surface area contributed by atoms with Gasteiger partial charge in [0.15, 0.2) is 0 Å². The quantitative estimate of drug-likeness (QED) is 0.714. The number of nitrogens with zero attached hydrogens (tertiary/aromatic N) is 3. The zero-order valence-electron chi connectivity index (χ0n) is 12.1. The minimum atomic E-state index is -0.487. The number of benzene rings is 1. The number of amides is 2. The average Bonchev–Trinajstić information content (AvgIpc) is 2.58. The lowest BCUT2D eigenvalue weighted by Crippen LogP contribution is -2.14. The number of nitrogens with one attached hydrogen (secondary N) is 1. The van der Waals surface area contributed by atoms with Crippen molar-refractivity contribution in [3.05, 3.63) is 78.4 Å². The number of pyridine rings is 2. The number of hydrogen-bond donors (Lipinski definition) is 2. The summed E-state index contributed by atoms with van der Waals surface area (Å²) in [4.78, 5) is 20.1. The molecule has 2 heterocycles. The van der Waals surface area contributed by atoms with Gasteiger partial charge >= 0.3 is 6.03 Å². The molecule has 2 amide bonds. The number of rotatable bonds is 2. The van der Waals surface area contributed by atoms with Crippen molar-refractivity contribution >= 4 is 11.7 Å².